The van der Waals surface area contributed by atoms with E-state index in [0.717, 1.165) is 77.8 Å². The van der Waals surface area contributed by atoms with Gasteiger partial charge in [-0.3, -0.25) is 0 Å². The molecule has 1 atom stereocenters. The van der Waals surface area contributed by atoms with Crippen LogP contribution >= 0.6 is 11.3 Å². The highest BCUT2D eigenvalue weighted by molar-refractivity contribution is 7.25. The Labute approximate surface area is 341 Å². The Morgan fingerprint density at radius 1 is 0.458 bits per heavy atom. The van der Waals surface area contributed by atoms with E-state index < -0.39 is 6.17 Å². The van der Waals surface area contributed by atoms with Crippen molar-refractivity contribution >= 4 is 108 Å². The quantitative estimate of drug-likeness (QED) is 0.194. The van der Waals surface area contributed by atoms with Crippen molar-refractivity contribution in [3.8, 4) is 5.69 Å². The number of benzene rings is 9. The molecule has 13 rings (SSSR count). The maximum atomic E-state index is 6.63. The Kier molecular flexibility index (Phi) is 6.88. The lowest BCUT2D eigenvalue weighted by atomic mass is 10.0. The third kappa shape index (κ3) is 4.97. The van der Waals surface area contributed by atoms with Gasteiger partial charge in [0.1, 0.15) is 22.8 Å². The van der Waals surface area contributed by atoms with Gasteiger partial charge >= 0.3 is 0 Å². The normalized spacial score (nSPS) is 14.6. The predicted molar refractivity (Wildman–Crippen MR) is 248 cm³/mol. The average Bonchev–Trinajstić information content (AvgIpc) is 3.96. The minimum absolute atomic E-state index is 0.594. The van der Waals surface area contributed by atoms with E-state index in [1.165, 1.54) is 41.7 Å². The molecule has 0 amide bonds. The molecule has 276 valence electrons. The lowest BCUT2D eigenvalue weighted by Crippen LogP contribution is -2.36. The summed E-state index contributed by atoms with van der Waals surface area (Å²) in [6.07, 6.45) is -0.594. The molecule has 59 heavy (non-hydrogen) atoms. The molecule has 3 aromatic heterocycles. The molecule has 6 heteroatoms. The van der Waals surface area contributed by atoms with Crippen molar-refractivity contribution in [2.45, 2.75) is 6.17 Å². The average molecular weight is 773 g/mol. The lowest BCUT2D eigenvalue weighted by Gasteiger charge is -2.25. The summed E-state index contributed by atoms with van der Waals surface area (Å²) in [5.74, 6) is 1.56. The number of nitrogens with zero attached hydrogens (tertiary/aromatic N) is 3. The van der Waals surface area contributed by atoms with Crippen LogP contribution in [0.5, 0.6) is 0 Å². The number of fused-ring (bicyclic) bond motifs is 11. The molecule has 0 radical (unpaired) electrons. The van der Waals surface area contributed by atoms with Gasteiger partial charge in [0.15, 0.2) is 6.17 Å². The van der Waals surface area contributed by atoms with Crippen LogP contribution in [-0.4, -0.2) is 16.2 Å². The zero-order valence-corrected chi connectivity index (χ0v) is 32.4. The number of aliphatic imine (C=N–C) groups is 2. The Morgan fingerprint density at radius 2 is 1.15 bits per heavy atom. The zero-order chi connectivity index (χ0) is 38.6. The van der Waals surface area contributed by atoms with E-state index in [1.807, 2.05) is 23.5 Å². The van der Waals surface area contributed by atoms with Crippen LogP contribution in [0, 0.1) is 0 Å². The van der Waals surface area contributed by atoms with Crippen LogP contribution in [0.15, 0.2) is 196 Å². The Hall–Kier alpha value is -7.54. The molecule has 0 aliphatic carbocycles. The van der Waals surface area contributed by atoms with Crippen LogP contribution in [0.4, 0.5) is 0 Å². The minimum atomic E-state index is -0.594. The number of hydrogen-bond acceptors (Lipinski definition) is 5. The van der Waals surface area contributed by atoms with E-state index in [1.54, 1.807) is 0 Å². The Bertz CT molecular complexity index is 3780. The second-order valence-electron chi connectivity index (χ2n) is 15.4. The van der Waals surface area contributed by atoms with E-state index in [0.29, 0.717) is 0 Å². The van der Waals surface area contributed by atoms with Gasteiger partial charge in [-0.25, -0.2) is 9.98 Å². The van der Waals surface area contributed by atoms with Gasteiger partial charge in [-0.2, -0.15) is 0 Å². The van der Waals surface area contributed by atoms with E-state index >= 15 is 0 Å². The Balaban J connectivity index is 1.12. The first-order valence-corrected chi connectivity index (χ1v) is 20.7. The highest BCUT2D eigenvalue weighted by atomic mass is 32.1. The van der Waals surface area contributed by atoms with Gasteiger partial charge in [-0.1, -0.05) is 133 Å². The SMILES string of the molecule is c1ccc2cc3c(cc2c1)c1ccccc1n3-c1cc2oc3ccccc3c2cc1C1N=C(c2ccc3c(c2)sc2ccccc23)NC(c2cccc3ccccc23)=N1. The van der Waals surface area contributed by atoms with Gasteiger partial charge < -0.3 is 14.3 Å². The van der Waals surface area contributed by atoms with Crippen molar-refractivity contribution in [2.24, 2.45) is 9.98 Å². The van der Waals surface area contributed by atoms with E-state index in [9.17, 15) is 0 Å². The number of aromatic nitrogens is 1. The molecule has 0 spiro atoms. The van der Waals surface area contributed by atoms with Gasteiger partial charge in [0, 0.05) is 64.5 Å². The van der Waals surface area contributed by atoms with Gasteiger partial charge in [-0.15, -0.1) is 11.3 Å². The highest BCUT2D eigenvalue weighted by Gasteiger charge is 2.27. The highest BCUT2D eigenvalue weighted by Crippen LogP contribution is 2.42. The van der Waals surface area contributed by atoms with Crippen molar-refractivity contribution in [1.29, 1.82) is 0 Å². The molecule has 9 aromatic carbocycles. The summed E-state index contributed by atoms with van der Waals surface area (Å²) in [6, 6.07) is 65.0. The largest absolute Gasteiger partial charge is 0.456 e. The number of para-hydroxylation sites is 2. The summed E-state index contributed by atoms with van der Waals surface area (Å²) >= 11 is 1.82. The smallest absolute Gasteiger partial charge is 0.171 e. The molecule has 5 nitrogen and oxygen atoms in total. The molecule has 0 saturated heterocycles. The second-order valence-corrected chi connectivity index (χ2v) is 16.4. The van der Waals surface area contributed by atoms with Crippen molar-refractivity contribution in [3.05, 3.63) is 199 Å². The zero-order valence-electron chi connectivity index (χ0n) is 31.6. The fraction of sp³-hybridized carbons (Fsp3) is 0.0189. The maximum absolute atomic E-state index is 6.63. The summed E-state index contributed by atoms with van der Waals surface area (Å²) in [5, 5.41) is 15.5. The number of thiophene rings is 1. The monoisotopic (exact) mass is 772 g/mol. The fourth-order valence-corrected chi connectivity index (χ4v) is 10.4. The molecule has 0 fully saturated rings. The number of hydrogen-bond donors (Lipinski definition) is 1. The van der Waals surface area contributed by atoms with Crippen LogP contribution in [0.1, 0.15) is 22.9 Å². The molecule has 0 bridgehead atoms. The Morgan fingerprint density at radius 3 is 2.05 bits per heavy atom. The van der Waals surface area contributed by atoms with Crippen LogP contribution in [-0.2, 0) is 0 Å². The molecule has 1 aliphatic heterocycles. The van der Waals surface area contributed by atoms with Crippen LogP contribution in [0.3, 0.4) is 0 Å². The molecule has 1 aliphatic rings. The van der Waals surface area contributed by atoms with E-state index in [-0.39, 0.29) is 0 Å². The molecule has 1 unspecified atom stereocenters. The van der Waals surface area contributed by atoms with Crippen molar-refractivity contribution < 1.29 is 4.42 Å². The summed E-state index contributed by atoms with van der Waals surface area (Å²) in [4.78, 5) is 11.1. The molecular weight excluding hydrogens is 741 g/mol. The summed E-state index contributed by atoms with van der Waals surface area (Å²) in [7, 11) is 0. The van der Waals surface area contributed by atoms with E-state index in [4.69, 9.17) is 14.4 Å². The van der Waals surface area contributed by atoms with Crippen molar-refractivity contribution in [3.63, 3.8) is 0 Å². The number of rotatable bonds is 4. The molecular formula is C53H32N4OS. The second kappa shape index (κ2) is 12.5. The number of amidine groups is 2. The molecule has 0 saturated carbocycles. The maximum Gasteiger partial charge on any atom is 0.171 e. The van der Waals surface area contributed by atoms with Gasteiger partial charge in [0.2, 0.25) is 0 Å². The van der Waals surface area contributed by atoms with Crippen LogP contribution in [0.2, 0.25) is 0 Å². The van der Waals surface area contributed by atoms with Gasteiger partial charge in [-0.05, 0) is 64.0 Å². The lowest BCUT2D eigenvalue weighted by molar-refractivity contribution is 0.667. The first-order valence-electron chi connectivity index (χ1n) is 19.9. The third-order valence-electron chi connectivity index (χ3n) is 12.0. The summed E-state index contributed by atoms with van der Waals surface area (Å²) in [5.41, 5.74) is 7.92. The van der Waals surface area contributed by atoms with Gasteiger partial charge in [0.05, 0.1) is 16.7 Å². The summed E-state index contributed by atoms with van der Waals surface area (Å²) in [6.45, 7) is 0. The minimum Gasteiger partial charge on any atom is -0.456 e. The number of furan rings is 1. The topological polar surface area (TPSA) is 54.8 Å². The predicted octanol–water partition coefficient (Wildman–Crippen LogP) is 13.9. The van der Waals surface area contributed by atoms with Crippen molar-refractivity contribution in [1.82, 2.24) is 9.88 Å². The molecule has 1 N–H and O–H groups in total. The first-order chi connectivity index (χ1) is 29.2. The third-order valence-corrected chi connectivity index (χ3v) is 13.2. The van der Waals surface area contributed by atoms with Crippen LogP contribution < -0.4 is 5.32 Å². The summed E-state index contributed by atoms with van der Waals surface area (Å²) < 4.78 is 11.5. The van der Waals surface area contributed by atoms with Crippen LogP contribution in [0.25, 0.3) is 91.1 Å². The van der Waals surface area contributed by atoms with E-state index in [2.05, 4.69) is 180 Å². The fourth-order valence-electron chi connectivity index (χ4n) is 9.27. The molecule has 12 aromatic rings. The number of nitrogens with one attached hydrogen (secondary N) is 1. The first kappa shape index (κ1) is 32.5. The van der Waals surface area contributed by atoms with Gasteiger partial charge in [0.25, 0.3) is 0 Å². The molecule has 4 heterocycles. The van der Waals surface area contributed by atoms with Crippen molar-refractivity contribution in [2.75, 3.05) is 0 Å². The standard InChI is InChI=1S/C53H32N4OS/c1-2-14-33-27-45-41(26-32(33)13-1)36-17-5-8-21-44(36)57(45)46-30-48-42(37-18-6-9-22-47(37)58-48)29-43(46)53-55-51(34-24-25-39-38-19-7-10-23-49(38)59-50(39)28-34)54-52(56-53)40-20-11-15-31-12-3-4-16-35(31)40/h1-30,53H,(H,54,55,56).